The first-order valence-electron chi connectivity index (χ1n) is 7.74. The third kappa shape index (κ3) is 3.13. The Labute approximate surface area is 141 Å². The van der Waals surface area contributed by atoms with Gasteiger partial charge in [-0.1, -0.05) is 29.8 Å². The molecule has 1 atom stereocenters. The molecule has 0 amide bonds. The Morgan fingerprint density at radius 2 is 1.91 bits per heavy atom. The number of ether oxygens (including phenoxy) is 2. The largest absolute Gasteiger partial charge is 0.465 e. The van der Waals surface area contributed by atoms with Crippen LogP contribution >= 0.6 is 11.6 Å². The molecule has 1 aromatic carbocycles. The van der Waals surface area contributed by atoms with Crippen LogP contribution < -0.4 is 0 Å². The van der Waals surface area contributed by atoms with E-state index in [2.05, 4.69) is 6.58 Å². The average Bonchev–Trinajstić information content (AvgIpc) is 2.54. The van der Waals surface area contributed by atoms with Crippen LogP contribution in [0, 0.1) is 5.41 Å². The van der Waals surface area contributed by atoms with Gasteiger partial charge in [0.25, 0.3) is 0 Å². The summed E-state index contributed by atoms with van der Waals surface area (Å²) in [6.07, 6.45) is 2.20. The van der Waals surface area contributed by atoms with E-state index in [4.69, 9.17) is 21.1 Å². The lowest BCUT2D eigenvalue weighted by Crippen LogP contribution is -2.47. The van der Waals surface area contributed by atoms with Gasteiger partial charge in [0, 0.05) is 10.9 Å². The zero-order valence-electron chi connectivity index (χ0n) is 13.4. The normalized spacial score (nSPS) is 18.7. The van der Waals surface area contributed by atoms with Gasteiger partial charge in [-0.05, 0) is 43.9 Å². The molecule has 1 unspecified atom stereocenters. The predicted molar refractivity (Wildman–Crippen MR) is 88.4 cm³/mol. The van der Waals surface area contributed by atoms with Gasteiger partial charge in [-0.15, -0.1) is 6.58 Å². The standard InChI is InChI=1S/C18H21ClO4/c1-4-12-10-18(16(20)22-5-2,17(21)23-6-3)11-13-8-7-9-14(19)15(12)13/h4,7-9,12H,1,5-6,10-11H2,2-3H3. The van der Waals surface area contributed by atoms with Crippen molar-refractivity contribution in [1.82, 2.24) is 0 Å². The lowest BCUT2D eigenvalue weighted by Gasteiger charge is -2.37. The second kappa shape index (κ2) is 7.18. The Balaban J connectivity index is 2.54. The third-order valence-corrected chi connectivity index (χ3v) is 4.52. The van der Waals surface area contributed by atoms with E-state index in [1.165, 1.54) is 0 Å². The van der Waals surface area contributed by atoms with Crippen molar-refractivity contribution in [2.24, 2.45) is 5.41 Å². The molecule has 1 aliphatic rings. The highest BCUT2D eigenvalue weighted by Gasteiger charge is 2.53. The first kappa shape index (κ1) is 17.5. The van der Waals surface area contributed by atoms with Gasteiger partial charge >= 0.3 is 11.9 Å². The fraction of sp³-hybridized carbons (Fsp3) is 0.444. The lowest BCUT2D eigenvalue weighted by molar-refractivity contribution is -0.173. The molecule has 0 aliphatic heterocycles. The molecule has 23 heavy (non-hydrogen) atoms. The van der Waals surface area contributed by atoms with Crippen LogP contribution in [-0.4, -0.2) is 25.2 Å². The summed E-state index contributed by atoms with van der Waals surface area (Å²) in [6.45, 7) is 7.69. The summed E-state index contributed by atoms with van der Waals surface area (Å²) in [4.78, 5) is 25.2. The van der Waals surface area contributed by atoms with Crippen LogP contribution in [-0.2, 0) is 25.5 Å². The molecule has 4 nitrogen and oxygen atoms in total. The minimum atomic E-state index is -1.34. The molecule has 0 N–H and O–H groups in total. The maximum absolute atomic E-state index is 12.6. The van der Waals surface area contributed by atoms with Crippen molar-refractivity contribution in [3.05, 3.63) is 47.0 Å². The van der Waals surface area contributed by atoms with Crippen LogP contribution in [0.4, 0.5) is 0 Å². The molecule has 0 saturated heterocycles. The number of allylic oxidation sites excluding steroid dienone is 1. The van der Waals surface area contributed by atoms with Crippen molar-refractivity contribution in [2.75, 3.05) is 13.2 Å². The van der Waals surface area contributed by atoms with E-state index in [9.17, 15) is 9.59 Å². The van der Waals surface area contributed by atoms with Gasteiger partial charge in [-0.3, -0.25) is 9.59 Å². The molecule has 0 heterocycles. The minimum absolute atomic E-state index is 0.207. The fourth-order valence-corrected chi connectivity index (χ4v) is 3.49. The Hall–Kier alpha value is -1.81. The second-order valence-electron chi connectivity index (χ2n) is 5.56. The molecule has 124 valence electrons. The highest BCUT2D eigenvalue weighted by Crippen LogP contribution is 2.47. The molecule has 5 heteroatoms. The molecular weight excluding hydrogens is 316 g/mol. The Bertz CT molecular complexity index is 605. The molecule has 1 aliphatic carbocycles. The van der Waals surface area contributed by atoms with Crippen molar-refractivity contribution in [1.29, 1.82) is 0 Å². The smallest absolute Gasteiger partial charge is 0.323 e. The summed E-state index contributed by atoms with van der Waals surface area (Å²) < 4.78 is 10.4. The SMILES string of the molecule is C=CC1CC(C(=O)OCC)(C(=O)OCC)Cc2cccc(Cl)c21. The topological polar surface area (TPSA) is 52.6 Å². The van der Waals surface area contributed by atoms with Crippen molar-refractivity contribution in [3.63, 3.8) is 0 Å². The predicted octanol–water partition coefficient (Wildman–Crippen LogP) is 3.67. The van der Waals surface area contributed by atoms with Crippen LogP contribution in [0.25, 0.3) is 0 Å². The molecule has 1 aromatic rings. The summed E-state index contributed by atoms with van der Waals surface area (Å²) >= 11 is 6.31. The van der Waals surface area contributed by atoms with Crippen LogP contribution in [0.1, 0.15) is 37.3 Å². The maximum atomic E-state index is 12.6. The Kier molecular flexibility index (Phi) is 5.47. The van der Waals surface area contributed by atoms with Crippen LogP contribution in [0.3, 0.4) is 0 Å². The first-order valence-corrected chi connectivity index (χ1v) is 8.12. The van der Waals surface area contributed by atoms with E-state index in [0.717, 1.165) is 11.1 Å². The molecule has 0 radical (unpaired) electrons. The van der Waals surface area contributed by atoms with E-state index < -0.39 is 17.4 Å². The van der Waals surface area contributed by atoms with Crippen molar-refractivity contribution in [2.45, 2.75) is 32.6 Å². The van der Waals surface area contributed by atoms with E-state index in [0.29, 0.717) is 5.02 Å². The maximum Gasteiger partial charge on any atom is 0.323 e. The number of hydrogen-bond donors (Lipinski definition) is 0. The highest BCUT2D eigenvalue weighted by molar-refractivity contribution is 6.31. The average molecular weight is 337 g/mol. The lowest BCUT2D eigenvalue weighted by atomic mass is 9.67. The molecular formula is C18H21ClO4. The molecule has 0 bridgehead atoms. The number of rotatable bonds is 5. The molecule has 2 rings (SSSR count). The molecule has 0 spiro atoms. The van der Waals surface area contributed by atoms with Crippen LogP contribution in [0.5, 0.6) is 0 Å². The highest BCUT2D eigenvalue weighted by atomic mass is 35.5. The van der Waals surface area contributed by atoms with Gasteiger partial charge in [0.1, 0.15) is 0 Å². The summed E-state index contributed by atoms with van der Waals surface area (Å²) in [7, 11) is 0. The number of halogens is 1. The number of carbonyl (C=O) groups is 2. The zero-order chi connectivity index (χ0) is 17.0. The number of hydrogen-bond acceptors (Lipinski definition) is 4. The monoisotopic (exact) mass is 336 g/mol. The van der Waals surface area contributed by atoms with Gasteiger partial charge in [-0.25, -0.2) is 0 Å². The fourth-order valence-electron chi connectivity index (χ4n) is 3.16. The van der Waals surface area contributed by atoms with Crippen LogP contribution in [0.15, 0.2) is 30.9 Å². The van der Waals surface area contributed by atoms with E-state index in [1.54, 1.807) is 26.0 Å². The van der Waals surface area contributed by atoms with Crippen molar-refractivity contribution in [3.8, 4) is 0 Å². The summed E-state index contributed by atoms with van der Waals surface area (Å²) in [5.41, 5.74) is 0.436. The molecule has 0 fully saturated rings. The van der Waals surface area contributed by atoms with Gasteiger partial charge in [0.15, 0.2) is 5.41 Å². The molecule has 0 saturated carbocycles. The van der Waals surface area contributed by atoms with E-state index in [1.807, 2.05) is 12.1 Å². The summed E-state index contributed by atoms with van der Waals surface area (Å²) in [5, 5.41) is 0.619. The quantitative estimate of drug-likeness (QED) is 0.467. The van der Waals surface area contributed by atoms with Gasteiger partial charge < -0.3 is 9.47 Å². The van der Waals surface area contributed by atoms with E-state index in [-0.39, 0.29) is 32.0 Å². The summed E-state index contributed by atoms with van der Waals surface area (Å²) in [6, 6.07) is 5.50. The van der Waals surface area contributed by atoms with Gasteiger partial charge in [-0.2, -0.15) is 0 Å². The van der Waals surface area contributed by atoms with Gasteiger partial charge in [0.2, 0.25) is 0 Å². The molecule has 0 aromatic heterocycles. The van der Waals surface area contributed by atoms with Crippen molar-refractivity contribution < 1.29 is 19.1 Å². The number of benzene rings is 1. The Morgan fingerprint density at radius 1 is 1.30 bits per heavy atom. The summed E-state index contributed by atoms with van der Waals surface area (Å²) in [5.74, 6) is -1.30. The number of carbonyl (C=O) groups excluding carboxylic acids is 2. The first-order chi connectivity index (χ1) is 11.0. The minimum Gasteiger partial charge on any atom is -0.465 e. The third-order valence-electron chi connectivity index (χ3n) is 4.19. The van der Waals surface area contributed by atoms with Crippen LogP contribution in [0.2, 0.25) is 5.02 Å². The van der Waals surface area contributed by atoms with Crippen molar-refractivity contribution >= 4 is 23.5 Å². The number of esters is 2. The van der Waals surface area contributed by atoms with Gasteiger partial charge in [0.05, 0.1) is 13.2 Å². The van der Waals surface area contributed by atoms with E-state index >= 15 is 0 Å². The zero-order valence-corrected chi connectivity index (χ0v) is 14.2. The second-order valence-corrected chi connectivity index (χ2v) is 5.97. The number of fused-ring (bicyclic) bond motifs is 1. The Morgan fingerprint density at radius 3 is 2.43 bits per heavy atom.